The lowest BCUT2D eigenvalue weighted by atomic mass is 10.1. The number of nitrogens with zero attached hydrogens (tertiary/aromatic N) is 1. The van der Waals surface area contributed by atoms with Gasteiger partial charge in [-0.3, -0.25) is 4.79 Å². The molecule has 0 spiro atoms. The fourth-order valence-corrected chi connectivity index (χ4v) is 4.53. The molecule has 3 rings (SSSR count). The third kappa shape index (κ3) is 5.95. The normalized spacial score (nSPS) is 12.0. The summed E-state index contributed by atoms with van der Waals surface area (Å²) in [6, 6.07) is 21.2. The Morgan fingerprint density at radius 2 is 1.41 bits per heavy atom. The second-order valence-corrected chi connectivity index (χ2v) is 8.92. The van der Waals surface area contributed by atoms with E-state index in [1.54, 1.807) is 18.2 Å². The van der Waals surface area contributed by atoms with E-state index in [9.17, 15) is 26.4 Å². The van der Waals surface area contributed by atoms with Gasteiger partial charge in [0.25, 0.3) is 0 Å². The summed E-state index contributed by atoms with van der Waals surface area (Å²) in [4.78, 5) is 12.6. The number of carbonyl (C=O) groups excluding carboxylic acids is 1. The molecule has 1 amide bonds. The first kappa shape index (κ1) is 23.5. The second kappa shape index (κ2) is 9.97. The zero-order chi connectivity index (χ0) is 23.2. The van der Waals surface area contributed by atoms with E-state index >= 15 is 0 Å². The van der Waals surface area contributed by atoms with Crippen molar-refractivity contribution in [2.45, 2.75) is 17.5 Å². The molecule has 3 aromatic rings. The minimum absolute atomic E-state index is 0.00319. The molecule has 0 aromatic heterocycles. The van der Waals surface area contributed by atoms with E-state index in [1.165, 1.54) is 24.3 Å². The van der Waals surface area contributed by atoms with Gasteiger partial charge in [0.1, 0.15) is 0 Å². The summed E-state index contributed by atoms with van der Waals surface area (Å²) in [5.74, 6) is -0.866. The van der Waals surface area contributed by atoms with Crippen molar-refractivity contribution < 1.29 is 26.4 Å². The molecule has 32 heavy (non-hydrogen) atoms. The molecule has 1 N–H and O–H groups in total. The molecular weight excluding hydrogens is 441 g/mol. The number of benzene rings is 3. The summed E-state index contributed by atoms with van der Waals surface area (Å²) in [7, 11) is -4.05. The lowest BCUT2D eigenvalue weighted by Gasteiger charge is -2.22. The van der Waals surface area contributed by atoms with Gasteiger partial charge in [-0.15, -0.1) is 0 Å². The van der Waals surface area contributed by atoms with Crippen LogP contribution in [0, 0.1) is 0 Å². The molecule has 0 aliphatic carbocycles. The van der Waals surface area contributed by atoms with Gasteiger partial charge >= 0.3 is 6.18 Å². The van der Waals surface area contributed by atoms with Crippen LogP contribution in [0.25, 0.3) is 0 Å². The first-order valence-electron chi connectivity index (χ1n) is 9.73. The molecule has 0 saturated heterocycles. The first-order chi connectivity index (χ1) is 15.2. The van der Waals surface area contributed by atoms with Gasteiger partial charge in [0.05, 0.1) is 22.7 Å². The van der Waals surface area contributed by atoms with Crippen LogP contribution < -0.4 is 5.32 Å². The Hall–Kier alpha value is -3.17. The van der Waals surface area contributed by atoms with Crippen molar-refractivity contribution in [2.75, 3.05) is 18.4 Å². The minimum Gasteiger partial charge on any atom is -0.324 e. The molecule has 0 bridgehead atoms. The van der Waals surface area contributed by atoms with Crippen LogP contribution in [-0.4, -0.2) is 31.7 Å². The van der Waals surface area contributed by atoms with Crippen molar-refractivity contribution in [2.24, 2.45) is 0 Å². The van der Waals surface area contributed by atoms with Crippen LogP contribution in [-0.2, 0) is 27.4 Å². The Morgan fingerprint density at radius 1 is 0.844 bits per heavy atom. The van der Waals surface area contributed by atoms with Crippen molar-refractivity contribution in [3.63, 3.8) is 0 Å². The van der Waals surface area contributed by atoms with Crippen molar-refractivity contribution in [3.8, 4) is 0 Å². The average Bonchev–Trinajstić information content (AvgIpc) is 2.77. The summed E-state index contributed by atoms with van der Waals surface area (Å²) in [6.45, 7) is -0.647. The van der Waals surface area contributed by atoms with E-state index in [4.69, 9.17) is 0 Å². The van der Waals surface area contributed by atoms with E-state index in [0.717, 1.165) is 22.0 Å². The third-order valence-corrected chi connectivity index (χ3v) is 6.56. The largest absolute Gasteiger partial charge is 0.418 e. The molecular formula is C23H21F3N2O3S. The number of rotatable bonds is 8. The quantitative estimate of drug-likeness (QED) is 0.533. The second-order valence-electron chi connectivity index (χ2n) is 6.98. The van der Waals surface area contributed by atoms with E-state index in [2.05, 4.69) is 5.32 Å². The first-order valence-corrected chi connectivity index (χ1v) is 11.2. The topological polar surface area (TPSA) is 66.5 Å². The van der Waals surface area contributed by atoms with Gasteiger partial charge in [-0.1, -0.05) is 60.7 Å². The van der Waals surface area contributed by atoms with Crippen LogP contribution in [0.4, 0.5) is 18.9 Å². The van der Waals surface area contributed by atoms with E-state index in [1.807, 2.05) is 30.3 Å². The van der Waals surface area contributed by atoms with Crippen LogP contribution in [0.1, 0.15) is 11.1 Å². The molecule has 0 radical (unpaired) electrons. The lowest BCUT2D eigenvalue weighted by molar-refractivity contribution is -0.137. The van der Waals surface area contributed by atoms with Crippen molar-refractivity contribution in [3.05, 3.63) is 96.1 Å². The fraction of sp³-hybridized carbons (Fsp3) is 0.174. The Kier molecular flexibility index (Phi) is 7.32. The highest BCUT2D eigenvalue weighted by Crippen LogP contribution is 2.34. The van der Waals surface area contributed by atoms with Crippen LogP contribution >= 0.6 is 0 Å². The maximum atomic E-state index is 13.2. The smallest absolute Gasteiger partial charge is 0.324 e. The summed E-state index contributed by atoms with van der Waals surface area (Å²) in [5.41, 5.74) is -0.566. The predicted molar refractivity (Wildman–Crippen MR) is 115 cm³/mol. The van der Waals surface area contributed by atoms with Crippen molar-refractivity contribution in [1.29, 1.82) is 0 Å². The highest BCUT2D eigenvalue weighted by atomic mass is 32.2. The molecule has 168 valence electrons. The molecule has 0 aliphatic rings. The average molecular weight is 462 g/mol. The van der Waals surface area contributed by atoms with Gasteiger partial charge in [-0.05, 0) is 36.2 Å². The summed E-state index contributed by atoms with van der Waals surface area (Å²) < 4.78 is 66.9. The number of alkyl halides is 3. The molecule has 0 saturated carbocycles. The number of hydrogen-bond acceptors (Lipinski definition) is 3. The Labute approximate surface area is 184 Å². The minimum atomic E-state index is -4.66. The Morgan fingerprint density at radius 3 is 2.03 bits per heavy atom. The predicted octanol–water partition coefficient (Wildman–Crippen LogP) is 4.58. The number of halogens is 3. The Bertz CT molecular complexity index is 1150. The lowest BCUT2D eigenvalue weighted by Crippen LogP contribution is -2.39. The number of amides is 1. The number of sulfonamides is 1. The number of anilines is 1. The van der Waals surface area contributed by atoms with Crippen LogP contribution in [0.2, 0.25) is 0 Å². The van der Waals surface area contributed by atoms with E-state index in [-0.39, 0.29) is 11.4 Å². The monoisotopic (exact) mass is 462 g/mol. The molecule has 9 heteroatoms. The summed E-state index contributed by atoms with van der Waals surface area (Å²) >= 11 is 0. The molecule has 0 aliphatic heterocycles. The fourth-order valence-electron chi connectivity index (χ4n) is 3.11. The molecule has 0 atom stereocenters. The third-order valence-electron chi connectivity index (χ3n) is 4.70. The number of hydrogen-bond donors (Lipinski definition) is 1. The van der Waals surface area contributed by atoms with Crippen LogP contribution in [0.15, 0.2) is 89.8 Å². The molecule has 0 unspecified atom stereocenters. The number of nitrogens with one attached hydrogen (secondary N) is 1. The molecule has 3 aromatic carbocycles. The van der Waals surface area contributed by atoms with Gasteiger partial charge in [0, 0.05) is 6.54 Å². The zero-order valence-corrected chi connectivity index (χ0v) is 17.7. The van der Waals surface area contributed by atoms with Crippen LogP contribution in [0.3, 0.4) is 0 Å². The van der Waals surface area contributed by atoms with Crippen LogP contribution in [0.5, 0.6) is 0 Å². The summed E-state index contributed by atoms with van der Waals surface area (Å²) in [5, 5.41) is 2.20. The zero-order valence-electron chi connectivity index (χ0n) is 16.9. The standard InChI is InChI=1S/C23H21F3N2O3S/c24-23(25,26)20-13-7-8-14-21(20)27-22(29)17-28(16-15-18-9-3-1-4-10-18)32(30,31)19-11-5-2-6-12-19/h1-14H,15-17H2,(H,27,29). The van der Waals surface area contributed by atoms with Gasteiger partial charge in [0.15, 0.2) is 0 Å². The van der Waals surface area contributed by atoms with Crippen molar-refractivity contribution in [1.82, 2.24) is 4.31 Å². The van der Waals surface area contributed by atoms with Gasteiger partial charge in [0.2, 0.25) is 15.9 Å². The number of carbonyl (C=O) groups is 1. The molecule has 0 fully saturated rings. The van der Waals surface area contributed by atoms with E-state index < -0.39 is 39.9 Å². The van der Waals surface area contributed by atoms with E-state index in [0.29, 0.717) is 6.42 Å². The number of para-hydroxylation sites is 1. The van der Waals surface area contributed by atoms with Gasteiger partial charge in [-0.2, -0.15) is 17.5 Å². The highest BCUT2D eigenvalue weighted by molar-refractivity contribution is 7.89. The van der Waals surface area contributed by atoms with Gasteiger partial charge in [-0.25, -0.2) is 8.42 Å². The SMILES string of the molecule is O=C(CN(CCc1ccccc1)S(=O)(=O)c1ccccc1)Nc1ccccc1C(F)(F)F. The maximum absolute atomic E-state index is 13.2. The van der Waals surface area contributed by atoms with Gasteiger partial charge < -0.3 is 5.32 Å². The highest BCUT2D eigenvalue weighted by Gasteiger charge is 2.34. The molecule has 0 heterocycles. The van der Waals surface area contributed by atoms with Crippen molar-refractivity contribution >= 4 is 21.6 Å². The Balaban J connectivity index is 1.83. The molecule has 5 nitrogen and oxygen atoms in total. The maximum Gasteiger partial charge on any atom is 0.418 e. The summed E-state index contributed by atoms with van der Waals surface area (Å²) in [6.07, 6.45) is -4.33.